The number of nitrogens with zero attached hydrogens (tertiary/aromatic N) is 5. The van der Waals surface area contributed by atoms with Gasteiger partial charge in [0.05, 0.1) is 31.8 Å². The Bertz CT molecular complexity index is 1340. The van der Waals surface area contributed by atoms with E-state index in [0.29, 0.717) is 41.3 Å². The van der Waals surface area contributed by atoms with Crippen molar-refractivity contribution in [1.29, 1.82) is 0 Å². The van der Waals surface area contributed by atoms with Gasteiger partial charge in [0, 0.05) is 58.0 Å². The van der Waals surface area contributed by atoms with Gasteiger partial charge >= 0.3 is 0 Å². The van der Waals surface area contributed by atoms with Gasteiger partial charge in [0.1, 0.15) is 10.8 Å². The highest BCUT2D eigenvalue weighted by atomic mass is 35.5. The van der Waals surface area contributed by atoms with Crippen molar-refractivity contribution in [1.82, 2.24) is 24.5 Å². The normalized spacial score (nSPS) is 19.7. The van der Waals surface area contributed by atoms with E-state index in [1.165, 1.54) is 12.5 Å². The highest BCUT2D eigenvalue weighted by Crippen LogP contribution is 2.37. The average Bonchev–Trinajstić information content (AvgIpc) is 3.08. The Kier molecular flexibility index (Phi) is 10.2. The number of aromatic nitrogens is 2. The molecular formula is C27H41ClN8O4S. The molecule has 1 aliphatic heterocycles. The Labute approximate surface area is 247 Å². The Hall–Kier alpha value is -2.87. The third-order valence-electron chi connectivity index (χ3n) is 7.51. The number of amides is 1. The minimum absolute atomic E-state index is 0.0673. The number of sulfonamides is 1. The number of anilines is 4. The van der Waals surface area contributed by atoms with Gasteiger partial charge in [-0.1, -0.05) is 24.4 Å². The number of ether oxygens (including phenoxy) is 1. The van der Waals surface area contributed by atoms with Crippen LogP contribution >= 0.6 is 11.6 Å². The first-order chi connectivity index (χ1) is 19.5. The van der Waals surface area contributed by atoms with Gasteiger partial charge in [-0.15, -0.1) is 0 Å². The molecule has 226 valence electrons. The van der Waals surface area contributed by atoms with Gasteiger partial charge in [0.2, 0.25) is 21.9 Å². The summed E-state index contributed by atoms with van der Waals surface area (Å²) in [7, 11) is 1.80. The van der Waals surface area contributed by atoms with E-state index in [2.05, 4.69) is 42.0 Å². The van der Waals surface area contributed by atoms with Crippen molar-refractivity contribution < 1.29 is 17.9 Å². The number of carbonyl (C=O) groups excluding carboxylic acids is 1. The fourth-order valence-corrected chi connectivity index (χ4v) is 6.32. The van der Waals surface area contributed by atoms with E-state index in [1.54, 1.807) is 26.1 Å². The fraction of sp³-hybridized carbons (Fsp3) is 0.593. The molecule has 2 atom stereocenters. The van der Waals surface area contributed by atoms with Crippen LogP contribution in [0.5, 0.6) is 5.75 Å². The van der Waals surface area contributed by atoms with Crippen molar-refractivity contribution >= 4 is 50.7 Å². The lowest BCUT2D eigenvalue weighted by atomic mass is 9.91. The number of halogens is 1. The third-order valence-corrected chi connectivity index (χ3v) is 8.51. The number of likely N-dealkylation sites (N-methyl/N-ethyl adjacent to an activating group) is 2. The van der Waals surface area contributed by atoms with Gasteiger partial charge in [-0.2, -0.15) is 4.98 Å². The predicted octanol–water partition coefficient (Wildman–Crippen LogP) is 2.88. The van der Waals surface area contributed by atoms with Crippen LogP contribution in [0.1, 0.15) is 38.2 Å². The van der Waals surface area contributed by atoms with Gasteiger partial charge in [-0.3, -0.25) is 9.69 Å². The quantitative estimate of drug-likeness (QED) is 0.370. The second-order valence-corrected chi connectivity index (χ2v) is 13.0. The van der Waals surface area contributed by atoms with E-state index in [-0.39, 0.29) is 18.0 Å². The van der Waals surface area contributed by atoms with Crippen molar-refractivity contribution in [3.8, 4) is 5.75 Å². The summed E-state index contributed by atoms with van der Waals surface area (Å²) in [6.07, 6.45) is 6.15. The number of fused-ring (bicyclic) bond motifs is 1. The van der Waals surface area contributed by atoms with Crippen LogP contribution in [0.4, 0.5) is 23.1 Å². The number of hydrogen-bond acceptors (Lipinski definition) is 10. The molecular weight excluding hydrogens is 568 g/mol. The molecule has 0 spiro atoms. The molecule has 2 heterocycles. The molecule has 0 bridgehead atoms. The topological polar surface area (TPSA) is 132 Å². The summed E-state index contributed by atoms with van der Waals surface area (Å²) >= 11 is 6.46. The molecule has 41 heavy (non-hydrogen) atoms. The number of nitrogens with one attached hydrogen (secondary N) is 3. The van der Waals surface area contributed by atoms with Crippen molar-refractivity contribution in [2.45, 2.75) is 51.2 Å². The maximum absolute atomic E-state index is 12.4. The molecule has 0 unspecified atom stereocenters. The molecule has 2 aromatic rings. The molecule has 4 rings (SSSR count). The lowest BCUT2D eigenvalue weighted by Gasteiger charge is -2.32. The molecule has 1 fully saturated rings. The lowest BCUT2D eigenvalue weighted by molar-refractivity contribution is -0.130. The van der Waals surface area contributed by atoms with Crippen LogP contribution in [0.25, 0.3) is 0 Å². The zero-order chi connectivity index (χ0) is 29.7. The van der Waals surface area contributed by atoms with E-state index >= 15 is 0 Å². The monoisotopic (exact) mass is 608 g/mol. The summed E-state index contributed by atoms with van der Waals surface area (Å²) in [4.78, 5) is 27.5. The first-order valence-electron chi connectivity index (χ1n) is 13.9. The number of carbonyl (C=O) groups is 1. The molecule has 1 aromatic carbocycles. The summed E-state index contributed by atoms with van der Waals surface area (Å²) in [6, 6.07) is 3.63. The van der Waals surface area contributed by atoms with Crippen LogP contribution in [0.15, 0.2) is 18.3 Å². The summed E-state index contributed by atoms with van der Waals surface area (Å²) < 4.78 is 32.3. The van der Waals surface area contributed by atoms with Gasteiger partial charge in [-0.25, -0.2) is 18.1 Å². The van der Waals surface area contributed by atoms with E-state index in [1.807, 2.05) is 12.1 Å². The molecule has 0 saturated heterocycles. The molecule has 2 aliphatic rings. The van der Waals surface area contributed by atoms with Gasteiger partial charge in [0.25, 0.3) is 0 Å². The van der Waals surface area contributed by atoms with E-state index < -0.39 is 10.0 Å². The lowest BCUT2D eigenvalue weighted by Crippen LogP contribution is -2.48. The largest absolute Gasteiger partial charge is 0.495 e. The van der Waals surface area contributed by atoms with E-state index in [9.17, 15) is 13.2 Å². The number of benzene rings is 1. The van der Waals surface area contributed by atoms with Crippen LogP contribution in [-0.4, -0.2) is 99.8 Å². The zero-order valence-corrected chi connectivity index (χ0v) is 26.0. The summed E-state index contributed by atoms with van der Waals surface area (Å²) in [5.41, 5.74) is 2.82. The van der Waals surface area contributed by atoms with Crippen LogP contribution in [0.3, 0.4) is 0 Å². The zero-order valence-electron chi connectivity index (χ0n) is 24.4. The summed E-state index contributed by atoms with van der Waals surface area (Å²) in [5.74, 6) is 1.45. The number of rotatable bonds is 10. The Morgan fingerprint density at radius 3 is 2.59 bits per heavy atom. The maximum Gasteiger partial charge on any atom is 0.236 e. The molecule has 1 amide bonds. The van der Waals surface area contributed by atoms with Gasteiger partial charge < -0.3 is 25.2 Å². The standard InChI is InChI=1S/C27H41ClN8O4S/c1-6-36-12-11-35(17-25(37)34(2)3)16-18-13-24(40-4)22(14-23(18)36)31-27-29-15-19(28)26(32-27)30-20-9-7-8-10-21(20)33-41(5,38)39/h13-15,20-21,33H,6-12,16-17H2,1-5H3,(H2,29,30,31,32)/t20-,21-/m1/s1. The molecule has 1 saturated carbocycles. The van der Waals surface area contributed by atoms with Crippen LogP contribution < -0.4 is 25.0 Å². The van der Waals surface area contributed by atoms with Crippen molar-refractivity contribution in [3.05, 3.63) is 28.9 Å². The SMILES string of the molecule is CCN1CCN(CC(=O)N(C)C)Cc2cc(OC)c(Nc3ncc(Cl)c(N[C@@H]4CCCC[C@H]4NS(C)(=O)=O)n3)cc21. The third kappa shape index (κ3) is 8.12. The highest BCUT2D eigenvalue weighted by Gasteiger charge is 2.29. The van der Waals surface area contributed by atoms with E-state index in [0.717, 1.165) is 56.6 Å². The van der Waals surface area contributed by atoms with Gasteiger partial charge in [0.15, 0.2) is 5.82 Å². The van der Waals surface area contributed by atoms with Crippen molar-refractivity contribution in [2.24, 2.45) is 0 Å². The second-order valence-electron chi connectivity index (χ2n) is 10.8. The Morgan fingerprint density at radius 2 is 1.93 bits per heavy atom. The number of hydrogen-bond donors (Lipinski definition) is 3. The molecule has 1 aromatic heterocycles. The Balaban J connectivity index is 1.58. The summed E-state index contributed by atoms with van der Waals surface area (Å²) in [6.45, 7) is 5.44. The number of methoxy groups -OCH3 is 1. The predicted molar refractivity (Wildman–Crippen MR) is 163 cm³/mol. The van der Waals surface area contributed by atoms with Crippen molar-refractivity contribution in [2.75, 3.05) is 69.2 Å². The van der Waals surface area contributed by atoms with Gasteiger partial charge in [-0.05, 0) is 37.5 Å². The first-order valence-corrected chi connectivity index (χ1v) is 16.2. The Morgan fingerprint density at radius 1 is 1.20 bits per heavy atom. The minimum atomic E-state index is -3.35. The van der Waals surface area contributed by atoms with Crippen molar-refractivity contribution in [3.63, 3.8) is 0 Å². The molecule has 3 N–H and O–H groups in total. The maximum atomic E-state index is 12.4. The molecule has 12 nitrogen and oxygen atoms in total. The highest BCUT2D eigenvalue weighted by molar-refractivity contribution is 7.88. The minimum Gasteiger partial charge on any atom is -0.495 e. The first kappa shape index (κ1) is 31.1. The van der Waals surface area contributed by atoms with Crippen LogP contribution in [-0.2, 0) is 21.4 Å². The van der Waals surface area contributed by atoms with E-state index in [4.69, 9.17) is 16.3 Å². The average molecular weight is 609 g/mol. The van der Waals surface area contributed by atoms with Crippen LogP contribution in [0.2, 0.25) is 5.02 Å². The summed E-state index contributed by atoms with van der Waals surface area (Å²) in [5, 5.41) is 6.99. The second kappa shape index (κ2) is 13.4. The molecule has 14 heteroatoms. The smallest absolute Gasteiger partial charge is 0.236 e. The molecule has 0 radical (unpaired) electrons. The molecule has 1 aliphatic carbocycles. The fourth-order valence-electron chi connectivity index (χ4n) is 5.34. The van der Waals surface area contributed by atoms with Crippen LogP contribution in [0, 0.1) is 0 Å².